The van der Waals surface area contributed by atoms with E-state index in [4.69, 9.17) is 5.11 Å². The number of carboxylic acids is 1. The van der Waals surface area contributed by atoms with Crippen LogP contribution in [0.4, 0.5) is 0 Å². The normalized spacial score (nSPS) is 11.0. The fourth-order valence-electron chi connectivity index (χ4n) is 2.23. The van der Waals surface area contributed by atoms with Crippen LogP contribution in [-0.4, -0.2) is 29.4 Å². The molecular formula is C15H19NO3Se. The second kappa shape index (κ2) is 7.46. The molecule has 5 heteroatoms. The molecule has 1 heterocycles. The zero-order valence-corrected chi connectivity index (χ0v) is 13.1. The minimum atomic E-state index is -0.715. The molecule has 0 amide bonds. The van der Waals surface area contributed by atoms with E-state index in [0.717, 1.165) is 44.0 Å². The number of fused-ring (bicyclic) bond motifs is 1. The Morgan fingerprint density at radius 2 is 1.80 bits per heavy atom. The molecule has 1 N–H and O–H groups in total. The van der Waals surface area contributed by atoms with Crippen LogP contribution in [0.2, 0.25) is 0 Å². The van der Waals surface area contributed by atoms with Gasteiger partial charge in [-0.3, -0.25) is 0 Å². The summed E-state index contributed by atoms with van der Waals surface area (Å²) in [6.45, 7) is 0.826. The molecule has 2 rings (SSSR count). The summed E-state index contributed by atoms with van der Waals surface area (Å²) in [6.07, 6.45) is 5.11. The molecule has 2 aromatic rings. The zero-order chi connectivity index (χ0) is 14.4. The van der Waals surface area contributed by atoms with Gasteiger partial charge in [0.05, 0.1) is 0 Å². The Kier molecular flexibility index (Phi) is 5.62. The van der Waals surface area contributed by atoms with E-state index in [1.165, 1.54) is 4.26 Å². The average Bonchev–Trinajstić information content (AvgIpc) is 2.75. The molecule has 0 saturated carbocycles. The van der Waals surface area contributed by atoms with Crippen molar-refractivity contribution in [2.75, 3.05) is 0 Å². The second-order valence-corrected chi connectivity index (χ2v) is 7.14. The van der Waals surface area contributed by atoms with Crippen molar-refractivity contribution in [2.45, 2.75) is 45.1 Å². The van der Waals surface area contributed by atoms with Crippen molar-refractivity contribution in [3.05, 3.63) is 34.6 Å². The van der Waals surface area contributed by atoms with Gasteiger partial charge in [-0.1, -0.05) is 0 Å². The van der Waals surface area contributed by atoms with Crippen molar-refractivity contribution >= 4 is 30.3 Å². The topological polar surface area (TPSA) is 59.3 Å². The van der Waals surface area contributed by atoms with E-state index >= 15 is 0 Å². The standard InChI is InChI=1S/C15H19NO3Se/c17-14(18)10-4-2-1-3-7-11-16-15(19)12-8-5-6-9-13(12)20-16/h5-6,8-9H,1-4,7,10-11H2,(H,17,18). The summed E-state index contributed by atoms with van der Waals surface area (Å²) < 4.78 is 3.15. The SMILES string of the molecule is O=C(O)CCCCCCCn1[se]c2ccccc2c1=O. The number of aryl methyl sites for hydroxylation is 1. The quantitative estimate of drug-likeness (QED) is 0.593. The van der Waals surface area contributed by atoms with Crippen molar-refractivity contribution in [3.8, 4) is 0 Å². The van der Waals surface area contributed by atoms with Gasteiger partial charge in [-0.2, -0.15) is 0 Å². The molecule has 0 spiro atoms. The predicted molar refractivity (Wildman–Crippen MR) is 80.5 cm³/mol. The first kappa shape index (κ1) is 15.1. The van der Waals surface area contributed by atoms with Crippen LogP contribution in [-0.2, 0) is 11.3 Å². The van der Waals surface area contributed by atoms with Crippen LogP contribution in [0.15, 0.2) is 29.1 Å². The van der Waals surface area contributed by atoms with Crippen LogP contribution in [0.25, 0.3) is 9.65 Å². The number of hydrogen-bond acceptors (Lipinski definition) is 2. The van der Waals surface area contributed by atoms with E-state index in [-0.39, 0.29) is 26.7 Å². The third-order valence-corrected chi connectivity index (χ3v) is 5.66. The van der Waals surface area contributed by atoms with E-state index in [0.29, 0.717) is 0 Å². The third kappa shape index (κ3) is 4.09. The number of aromatic nitrogens is 1. The van der Waals surface area contributed by atoms with Crippen LogP contribution in [0.1, 0.15) is 38.5 Å². The number of rotatable bonds is 8. The summed E-state index contributed by atoms with van der Waals surface area (Å²) in [5, 5.41) is 9.40. The van der Waals surface area contributed by atoms with Gasteiger partial charge in [-0.15, -0.1) is 0 Å². The Bertz CT molecular complexity index is 629. The van der Waals surface area contributed by atoms with Gasteiger partial charge in [-0.05, 0) is 0 Å². The second-order valence-electron chi connectivity index (χ2n) is 4.91. The van der Waals surface area contributed by atoms with Crippen LogP contribution < -0.4 is 5.56 Å². The number of benzene rings is 1. The van der Waals surface area contributed by atoms with Crippen LogP contribution in [0, 0.1) is 0 Å². The van der Waals surface area contributed by atoms with Gasteiger partial charge in [0.25, 0.3) is 0 Å². The number of nitrogens with zero attached hydrogens (tertiary/aromatic N) is 1. The van der Waals surface area contributed by atoms with E-state index in [1.807, 2.05) is 27.8 Å². The van der Waals surface area contributed by atoms with Gasteiger partial charge in [0.15, 0.2) is 0 Å². The molecule has 0 fully saturated rings. The Hall–Kier alpha value is -1.32. The summed E-state index contributed by atoms with van der Waals surface area (Å²) in [5.41, 5.74) is 0.173. The van der Waals surface area contributed by atoms with Crippen molar-refractivity contribution in [1.29, 1.82) is 0 Å². The Morgan fingerprint density at radius 3 is 2.55 bits per heavy atom. The minimum absolute atomic E-state index is 0.136. The number of carbonyl (C=O) groups is 1. The Labute approximate surface area is 124 Å². The summed E-state index contributed by atoms with van der Waals surface area (Å²) in [4.78, 5) is 22.5. The maximum absolute atomic E-state index is 12.1. The van der Waals surface area contributed by atoms with Gasteiger partial charge in [-0.25, -0.2) is 0 Å². The molecule has 1 aromatic carbocycles. The average molecular weight is 340 g/mol. The fraction of sp³-hybridized carbons (Fsp3) is 0.467. The molecule has 0 saturated heterocycles. The number of aliphatic carboxylic acids is 1. The first-order chi connectivity index (χ1) is 9.68. The molecular weight excluding hydrogens is 321 g/mol. The Morgan fingerprint density at radius 1 is 1.10 bits per heavy atom. The van der Waals surface area contributed by atoms with Crippen LogP contribution >= 0.6 is 0 Å². The summed E-state index contributed by atoms with van der Waals surface area (Å²) in [6, 6.07) is 7.85. The molecule has 0 aliphatic heterocycles. The predicted octanol–water partition coefficient (Wildman–Crippen LogP) is 2.48. The van der Waals surface area contributed by atoms with E-state index in [1.54, 1.807) is 0 Å². The van der Waals surface area contributed by atoms with E-state index < -0.39 is 5.97 Å². The van der Waals surface area contributed by atoms with Gasteiger partial charge < -0.3 is 0 Å². The van der Waals surface area contributed by atoms with E-state index in [9.17, 15) is 9.59 Å². The summed E-state index contributed by atoms with van der Waals surface area (Å²) in [7, 11) is 0. The molecule has 0 bridgehead atoms. The molecule has 20 heavy (non-hydrogen) atoms. The zero-order valence-electron chi connectivity index (χ0n) is 11.4. The monoisotopic (exact) mass is 341 g/mol. The van der Waals surface area contributed by atoms with Crippen molar-refractivity contribution in [2.24, 2.45) is 0 Å². The maximum atomic E-state index is 12.1. The van der Waals surface area contributed by atoms with Gasteiger partial charge in [0.2, 0.25) is 0 Å². The van der Waals surface area contributed by atoms with Crippen molar-refractivity contribution in [3.63, 3.8) is 0 Å². The first-order valence-electron chi connectivity index (χ1n) is 6.99. The molecule has 0 aliphatic rings. The summed E-state index contributed by atoms with van der Waals surface area (Å²) in [5.74, 6) is -0.715. The molecule has 1 aromatic heterocycles. The van der Waals surface area contributed by atoms with Crippen molar-refractivity contribution in [1.82, 2.24) is 3.56 Å². The van der Waals surface area contributed by atoms with Gasteiger partial charge in [0, 0.05) is 0 Å². The first-order valence-corrected chi connectivity index (χ1v) is 8.61. The van der Waals surface area contributed by atoms with E-state index in [2.05, 4.69) is 0 Å². The molecule has 4 nitrogen and oxygen atoms in total. The molecule has 0 radical (unpaired) electrons. The van der Waals surface area contributed by atoms with Crippen molar-refractivity contribution < 1.29 is 9.90 Å². The third-order valence-electron chi connectivity index (χ3n) is 3.30. The molecule has 0 atom stereocenters. The molecule has 0 unspecified atom stereocenters. The fourth-order valence-corrected chi connectivity index (χ4v) is 4.39. The number of carboxylic acid groups (broad SMARTS) is 1. The van der Waals surface area contributed by atoms with Gasteiger partial charge in [0.1, 0.15) is 0 Å². The summed E-state index contributed by atoms with van der Waals surface area (Å²) >= 11 is 0.136. The number of unbranched alkanes of at least 4 members (excludes halogenated alkanes) is 4. The number of hydrogen-bond donors (Lipinski definition) is 1. The van der Waals surface area contributed by atoms with Crippen LogP contribution in [0.5, 0.6) is 0 Å². The van der Waals surface area contributed by atoms with Gasteiger partial charge >= 0.3 is 124 Å². The Balaban J connectivity index is 1.75. The molecule has 108 valence electrons. The van der Waals surface area contributed by atoms with Crippen LogP contribution in [0.3, 0.4) is 0 Å². The molecule has 0 aliphatic carbocycles.